The van der Waals surface area contributed by atoms with Gasteiger partial charge in [-0.1, -0.05) is 73.3 Å². The molecule has 0 saturated heterocycles. The summed E-state index contributed by atoms with van der Waals surface area (Å²) in [6, 6.07) is 23.4. The van der Waals surface area contributed by atoms with E-state index in [1.165, 1.54) is 27.5 Å². The van der Waals surface area contributed by atoms with E-state index in [0.717, 1.165) is 0 Å². The largest absolute Gasteiger partial charge is 0.0984 e. The molecule has 3 aromatic carbocycles. The average Bonchev–Trinajstić information content (AvgIpc) is 2.46. The van der Waals surface area contributed by atoms with Crippen molar-refractivity contribution in [2.45, 2.75) is 0 Å². The summed E-state index contributed by atoms with van der Waals surface area (Å²) in [6.07, 6.45) is 1.91. The van der Waals surface area contributed by atoms with E-state index in [-0.39, 0.29) is 0 Å². The van der Waals surface area contributed by atoms with Gasteiger partial charge in [-0.05, 0) is 33.5 Å². The van der Waals surface area contributed by atoms with Crippen molar-refractivity contribution in [3.8, 4) is 11.1 Å². The molecule has 0 heterocycles. The normalized spacial score (nSPS) is 10.4. The Kier molecular flexibility index (Phi) is 2.70. The molecule has 3 rings (SSSR count). The molecule has 0 bridgehead atoms. The zero-order valence-corrected chi connectivity index (χ0v) is 10.1. The van der Waals surface area contributed by atoms with Crippen molar-refractivity contribution in [1.82, 2.24) is 0 Å². The fourth-order valence-corrected chi connectivity index (χ4v) is 2.29. The van der Waals surface area contributed by atoms with Crippen molar-refractivity contribution in [1.29, 1.82) is 0 Å². The Morgan fingerprint density at radius 3 is 2.28 bits per heavy atom. The van der Waals surface area contributed by atoms with Gasteiger partial charge in [0.05, 0.1) is 0 Å². The van der Waals surface area contributed by atoms with Crippen LogP contribution in [0.25, 0.3) is 28.0 Å². The first-order valence-electron chi connectivity index (χ1n) is 6.09. The molecule has 0 heteroatoms. The molecule has 0 saturated carbocycles. The van der Waals surface area contributed by atoms with Crippen LogP contribution in [0.5, 0.6) is 0 Å². The number of hydrogen-bond acceptors (Lipinski definition) is 0. The fraction of sp³-hybridized carbons (Fsp3) is 0. The van der Waals surface area contributed by atoms with Gasteiger partial charge in [0.25, 0.3) is 0 Å². The van der Waals surface area contributed by atoms with Crippen LogP contribution in [-0.4, -0.2) is 0 Å². The predicted molar refractivity (Wildman–Crippen MR) is 79.5 cm³/mol. The lowest BCUT2D eigenvalue weighted by Crippen LogP contribution is -1.83. The van der Waals surface area contributed by atoms with Crippen LogP contribution in [0.1, 0.15) is 5.56 Å². The molecule has 0 nitrogen and oxygen atoms in total. The van der Waals surface area contributed by atoms with Gasteiger partial charge in [-0.3, -0.25) is 0 Å². The molecule has 0 N–H and O–H groups in total. The SMILES string of the molecule is C=Cc1ccccc1-c1ccc2ccccc2c1. The predicted octanol–water partition coefficient (Wildman–Crippen LogP) is 5.15. The van der Waals surface area contributed by atoms with Crippen molar-refractivity contribution in [2.24, 2.45) is 0 Å². The first kappa shape index (κ1) is 10.8. The van der Waals surface area contributed by atoms with Crippen LogP contribution in [0.15, 0.2) is 73.3 Å². The number of hydrogen-bond donors (Lipinski definition) is 0. The van der Waals surface area contributed by atoms with E-state index >= 15 is 0 Å². The van der Waals surface area contributed by atoms with Crippen molar-refractivity contribution >= 4 is 16.8 Å². The fourth-order valence-electron chi connectivity index (χ4n) is 2.29. The Hall–Kier alpha value is -2.34. The van der Waals surface area contributed by atoms with Gasteiger partial charge in [0, 0.05) is 0 Å². The molecular formula is C18H14. The minimum atomic E-state index is 1.17. The van der Waals surface area contributed by atoms with Crippen LogP contribution >= 0.6 is 0 Å². The maximum absolute atomic E-state index is 3.88. The third-order valence-electron chi connectivity index (χ3n) is 3.24. The lowest BCUT2D eigenvalue weighted by atomic mass is 9.97. The first-order chi connectivity index (χ1) is 8.88. The Morgan fingerprint density at radius 1 is 0.722 bits per heavy atom. The summed E-state index contributed by atoms with van der Waals surface area (Å²) in [5, 5.41) is 2.55. The molecule has 0 amide bonds. The second-order valence-electron chi connectivity index (χ2n) is 4.35. The summed E-state index contributed by atoms with van der Waals surface area (Å²) in [4.78, 5) is 0. The average molecular weight is 230 g/mol. The van der Waals surface area contributed by atoms with Gasteiger partial charge in [0.2, 0.25) is 0 Å². The smallest absolute Gasteiger partial charge is 0.0111 e. The van der Waals surface area contributed by atoms with Crippen LogP contribution in [-0.2, 0) is 0 Å². The Balaban J connectivity index is 2.22. The summed E-state index contributed by atoms with van der Waals surface area (Å²) in [5.41, 5.74) is 3.65. The molecular weight excluding hydrogens is 216 g/mol. The molecule has 0 aliphatic carbocycles. The quantitative estimate of drug-likeness (QED) is 0.571. The minimum Gasteiger partial charge on any atom is -0.0984 e. The summed E-state index contributed by atoms with van der Waals surface area (Å²) < 4.78 is 0. The van der Waals surface area contributed by atoms with Crippen LogP contribution in [0.2, 0.25) is 0 Å². The molecule has 86 valence electrons. The molecule has 3 aromatic rings. The van der Waals surface area contributed by atoms with E-state index in [4.69, 9.17) is 0 Å². The molecule has 0 aliphatic rings. The maximum atomic E-state index is 3.88. The lowest BCUT2D eigenvalue weighted by Gasteiger charge is -2.07. The minimum absolute atomic E-state index is 1.17. The highest BCUT2D eigenvalue weighted by Gasteiger charge is 2.02. The zero-order chi connectivity index (χ0) is 12.4. The molecule has 0 fully saturated rings. The highest BCUT2D eigenvalue weighted by Crippen LogP contribution is 2.27. The number of fused-ring (bicyclic) bond motifs is 1. The maximum Gasteiger partial charge on any atom is -0.0111 e. The molecule has 0 aromatic heterocycles. The Labute approximate surface area is 107 Å². The van der Waals surface area contributed by atoms with Gasteiger partial charge in [-0.25, -0.2) is 0 Å². The standard InChI is InChI=1S/C18H14/c1-2-14-7-5-6-10-18(14)17-12-11-15-8-3-4-9-16(15)13-17/h2-13H,1H2. The van der Waals surface area contributed by atoms with Crippen molar-refractivity contribution in [3.05, 3.63) is 78.9 Å². The highest BCUT2D eigenvalue weighted by atomic mass is 14.1. The van der Waals surface area contributed by atoms with Crippen molar-refractivity contribution in [3.63, 3.8) is 0 Å². The van der Waals surface area contributed by atoms with Gasteiger partial charge >= 0.3 is 0 Å². The third-order valence-corrected chi connectivity index (χ3v) is 3.24. The van der Waals surface area contributed by atoms with E-state index < -0.39 is 0 Å². The van der Waals surface area contributed by atoms with Crippen molar-refractivity contribution < 1.29 is 0 Å². The summed E-state index contributed by atoms with van der Waals surface area (Å²) in [5.74, 6) is 0. The molecule has 0 radical (unpaired) electrons. The van der Waals surface area contributed by atoms with Crippen molar-refractivity contribution in [2.75, 3.05) is 0 Å². The Morgan fingerprint density at radius 2 is 1.44 bits per heavy atom. The molecule has 0 aliphatic heterocycles. The third kappa shape index (κ3) is 1.82. The Bertz CT molecular complexity index is 708. The van der Waals surface area contributed by atoms with Gasteiger partial charge < -0.3 is 0 Å². The van der Waals surface area contributed by atoms with E-state index in [1.807, 2.05) is 12.1 Å². The lowest BCUT2D eigenvalue weighted by molar-refractivity contribution is 1.61. The molecule has 0 unspecified atom stereocenters. The van der Waals surface area contributed by atoms with Gasteiger partial charge in [-0.2, -0.15) is 0 Å². The topological polar surface area (TPSA) is 0 Å². The van der Waals surface area contributed by atoms with Crippen LogP contribution in [0.4, 0.5) is 0 Å². The number of rotatable bonds is 2. The molecule has 18 heavy (non-hydrogen) atoms. The zero-order valence-electron chi connectivity index (χ0n) is 10.1. The van der Waals surface area contributed by atoms with E-state index in [0.29, 0.717) is 0 Å². The summed E-state index contributed by atoms with van der Waals surface area (Å²) in [7, 11) is 0. The van der Waals surface area contributed by atoms with E-state index in [2.05, 4.69) is 67.2 Å². The van der Waals surface area contributed by atoms with Crippen LogP contribution in [0, 0.1) is 0 Å². The monoisotopic (exact) mass is 230 g/mol. The second kappa shape index (κ2) is 4.50. The molecule has 0 spiro atoms. The van der Waals surface area contributed by atoms with E-state index in [1.54, 1.807) is 0 Å². The van der Waals surface area contributed by atoms with E-state index in [9.17, 15) is 0 Å². The number of benzene rings is 3. The highest BCUT2D eigenvalue weighted by molar-refractivity contribution is 5.88. The van der Waals surface area contributed by atoms with Gasteiger partial charge in [0.1, 0.15) is 0 Å². The second-order valence-corrected chi connectivity index (χ2v) is 4.35. The summed E-state index contributed by atoms with van der Waals surface area (Å²) >= 11 is 0. The molecule has 0 atom stereocenters. The van der Waals surface area contributed by atoms with Crippen LogP contribution < -0.4 is 0 Å². The van der Waals surface area contributed by atoms with Gasteiger partial charge in [-0.15, -0.1) is 0 Å². The van der Waals surface area contributed by atoms with Crippen LogP contribution in [0.3, 0.4) is 0 Å². The van der Waals surface area contributed by atoms with Gasteiger partial charge in [0.15, 0.2) is 0 Å². The summed E-state index contributed by atoms with van der Waals surface area (Å²) in [6.45, 7) is 3.88. The first-order valence-corrected chi connectivity index (χ1v) is 6.09.